The van der Waals surface area contributed by atoms with Crippen LogP contribution in [0.1, 0.15) is 5.69 Å². The molecule has 6 heteroatoms. The summed E-state index contributed by atoms with van der Waals surface area (Å²) in [7, 11) is 0. The van der Waals surface area contributed by atoms with Crippen LogP contribution in [-0.2, 0) is 16.0 Å². The molecule has 0 aromatic carbocycles. The quantitative estimate of drug-likeness (QED) is 0.848. The van der Waals surface area contributed by atoms with Gasteiger partial charge < -0.3 is 14.0 Å². The zero-order chi connectivity index (χ0) is 12.4. The summed E-state index contributed by atoms with van der Waals surface area (Å²) in [5.74, 6) is 0.962. The maximum absolute atomic E-state index is 5.67. The number of hydrogen-bond acceptors (Lipinski definition) is 5. The minimum Gasteiger partial charge on any atom is -0.376 e. The van der Waals surface area contributed by atoms with Crippen molar-refractivity contribution in [3.63, 3.8) is 0 Å². The molecule has 1 saturated heterocycles. The van der Waals surface area contributed by atoms with Gasteiger partial charge in [0.15, 0.2) is 5.82 Å². The molecule has 1 fully saturated rings. The lowest BCUT2D eigenvalue weighted by molar-refractivity contribution is -0.0934. The summed E-state index contributed by atoms with van der Waals surface area (Å²) in [6.07, 6.45) is 3.91. The molecule has 0 radical (unpaired) electrons. The molecule has 0 bridgehead atoms. The van der Waals surface area contributed by atoms with Gasteiger partial charge in [-0.1, -0.05) is 0 Å². The Morgan fingerprint density at radius 3 is 3.11 bits per heavy atom. The van der Waals surface area contributed by atoms with Gasteiger partial charge in [0, 0.05) is 12.4 Å². The van der Waals surface area contributed by atoms with Gasteiger partial charge in [0.2, 0.25) is 0 Å². The van der Waals surface area contributed by atoms with Gasteiger partial charge in [-0.3, -0.25) is 0 Å². The van der Waals surface area contributed by atoms with E-state index in [1.54, 1.807) is 11.3 Å². The predicted molar refractivity (Wildman–Crippen MR) is 68.6 cm³/mol. The number of nitrogens with zero attached hydrogens (tertiary/aromatic N) is 3. The maximum Gasteiger partial charge on any atom is 0.152 e. The van der Waals surface area contributed by atoms with Gasteiger partial charge in [-0.2, -0.15) is 0 Å². The van der Waals surface area contributed by atoms with E-state index in [9.17, 15) is 0 Å². The van der Waals surface area contributed by atoms with Gasteiger partial charge in [0.1, 0.15) is 0 Å². The smallest absolute Gasteiger partial charge is 0.152 e. The van der Waals surface area contributed by atoms with Crippen LogP contribution in [0.4, 0.5) is 0 Å². The predicted octanol–water partition coefficient (Wildman–Crippen LogP) is 1.73. The van der Waals surface area contributed by atoms with Gasteiger partial charge in [-0.15, -0.1) is 11.3 Å². The molecule has 0 spiro atoms. The second-order valence-electron chi connectivity index (χ2n) is 4.24. The lowest BCUT2D eigenvalue weighted by atomic mass is 10.3. The lowest BCUT2D eigenvalue weighted by Crippen LogP contribution is -2.32. The first-order valence-electron chi connectivity index (χ1n) is 5.95. The van der Waals surface area contributed by atoms with Crippen molar-refractivity contribution in [3.05, 3.63) is 23.6 Å². The Morgan fingerprint density at radius 2 is 2.39 bits per heavy atom. The van der Waals surface area contributed by atoms with E-state index in [1.165, 1.54) is 0 Å². The van der Waals surface area contributed by atoms with Crippen molar-refractivity contribution >= 4 is 11.3 Å². The molecule has 2 aromatic heterocycles. The van der Waals surface area contributed by atoms with E-state index < -0.39 is 0 Å². The van der Waals surface area contributed by atoms with Gasteiger partial charge >= 0.3 is 0 Å². The molecule has 5 nitrogen and oxygen atoms in total. The second-order valence-corrected chi connectivity index (χ2v) is 5.09. The maximum atomic E-state index is 5.67. The van der Waals surface area contributed by atoms with E-state index in [2.05, 4.69) is 14.5 Å². The van der Waals surface area contributed by atoms with Crippen molar-refractivity contribution in [1.82, 2.24) is 14.5 Å². The van der Waals surface area contributed by atoms with Crippen LogP contribution in [0, 0.1) is 6.92 Å². The van der Waals surface area contributed by atoms with Crippen molar-refractivity contribution in [2.24, 2.45) is 0 Å². The van der Waals surface area contributed by atoms with Crippen LogP contribution in [0.15, 0.2) is 17.9 Å². The normalized spacial score (nSPS) is 20.2. The third-order valence-electron chi connectivity index (χ3n) is 2.95. The SMILES string of the molecule is Cc1ncsc1-c1nccn1CC1COCCO1. The van der Waals surface area contributed by atoms with Crippen LogP contribution >= 0.6 is 11.3 Å². The average molecular weight is 265 g/mol. The molecular weight excluding hydrogens is 250 g/mol. The van der Waals surface area contributed by atoms with E-state index in [-0.39, 0.29) is 6.10 Å². The first kappa shape index (κ1) is 11.8. The lowest BCUT2D eigenvalue weighted by Gasteiger charge is -2.23. The summed E-state index contributed by atoms with van der Waals surface area (Å²) in [6, 6.07) is 0. The van der Waals surface area contributed by atoms with E-state index >= 15 is 0 Å². The van der Waals surface area contributed by atoms with Crippen LogP contribution in [0.2, 0.25) is 0 Å². The van der Waals surface area contributed by atoms with Crippen LogP contribution in [-0.4, -0.2) is 40.5 Å². The van der Waals surface area contributed by atoms with E-state index in [0.717, 1.165) is 22.9 Å². The van der Waals surface area contributed by atoms with Crippen LogP contribution in [0.3, 0.4) is 0 Å². The number of hydrogen-bond donors (Lipinski definition) is 0. The zero-order valence-corrected chi connectivity index (χ0v) is 11.0. The van der Waals surface area contributed by atoms with E-state index in [4.69, 9.17) is 9.47 Å². The summed E-state index contributed by atoms with van der Waals surface area (Å²) >= 11 is 1.62. The van der Waals surface area contributed by atoms with Crippen molar-refractivity contribution in [3.8, 4) is 10.7 Å². The van der Waals surface area contributed by atoms with Crippen molar-refractivity contribution < 1.29 is 9.47 Å². The highest BCUT2D eigenvalue weighted by molar-refractivity contribution is 7.13. The van der Waals surface area contributed by atoms with Crippen molar-refractivity contribution in [2.75, 3.05) is 19.8 Å². The number of aryl methyl sites for hydroxylation is 1. The summed E-state index contributed by atoms with van der Waals surface area (Å²) in [4.78, 5) is 9.81. The monoisotopic (exact) mass is 265 g/mol. The molecule has 0 N–H and O–H groups in total. The first-order valence-corrected chi connectivity index (χ1v) is 6.83. The summed E-state index contributed by atoms with van der Waals surface area (Å²) in [6.45, 7) is 4.80. The largest absolute Gasteiger partial charge is 0.376 e. The number of thiazole rings is 1. The van der Waals surface area contributed by atoms with E-state index in [1.807, 2.05) is 24.8 Å². The Labute approximate surface area is 109 Å². The van der Waals surface area contributed by atoms with Crippen LogP contribution in [0.5, 0.6) is 0 Å². The highest BCUT2D eigenvalue weighted by Crippen LogP contribution is 2.25. The highest BCUT2D eigenvalue weighted by atomic mass is 32.1. The van der Waals surface area contributed by atoms with Gasteiger partial charge in [0.05, 0.1) is 48.6 Å². The molecule has 0 aliphatic carbocycles. The standard InChI is InChI=1S/C12H15N3O2S/c1-9-11(18-8-14-9)12-13-2-3-15(12)6-10-7-16-4-5-17-10/h2-3,8,10H,4-7H2,1H3. The van der Waals surface area contributed by atoms with Crippen LogP contribution < -0.4 is 0 Å². The Kier molecular flexibility index (Phi) is 3.40. The molecule has 1 aliphatic heterocycles. The van der Waals surface area contributed by atoms with Crippen LogP contribution in [0.25, 0.3) is 10.7 Å². The molecule has 2 aromatic rings. The van der Waals surface area contributed by atoms with E-state index in [0.29, 0.717) is 19.8 Å². The Morgan fingerprint density at radius 1 is 1.44 bits per heavy atom. The minimum atomic E-state index is 0.111. The molecule has 96 valence electrons. The Balaban J connectivity index is 1.81. The van der Waals surface area contributed by atoms with Gasteiger partial charge in [0.25, 0.3) is 0 Å². The number of aromatic nitrogens is 3. The average Bonchev–Trinajstić information content (AvgIpc) is 2.99. The topological polar surface area (TPSA) is 49.2 Å². The molecule has 1 unspecified atom stereocenters. The molecular formula is C12H15N3O2S. The summed E-state index contributed by atoms with van der Waals surface area (Å²) < 4.78 is 13.2. The minimum absolute atomic E-state index is 0.111. The molecule has 1 aliphatic rings. The van der Waals surface area contributed by atoms with Crippen molar-refractivity contribution in [2.45, 2.75) is 19.6 Å². The fourth-order valence-electron chi connectivity index (χ4n) is 2.04. The first-order chi connectivity index (χ1) is 8.84. The highest BCUT2D eigenvalue weighted by Gasteiger charge is 2.18. The van der Waals surface area contributed by atoms with Crippen molar-refractivity contribution in [1.29, 1.82) is 0 Å². The molecule has 1 atom stereocenters. The number of ether oxygens (including phenoxy) is 2. The molecule has 3 heterocycles. The third-order valence-corrected chi connectivity index (χ3v) is 3.87. The fourth-order valence-corrected chi connectivity index (χ4v) is 2.86. The zero-order valence-electron chi connectivity index (χ0n) is 10.2. The molecule has 3 rings (SSSR count). The summed E-state index contributed by atoms with van der Waals surface area (Å²) in [5, 5.41) is 0. The third kappa shape index (κ3) is 2.31. The molecule has 18 heavy (non-hydrogen) atoms. The second kappa shape index (κ2) is 5.17. The summed E-state index contributed by atoms with van der Waals surface area (Å²) in [5.41, 5.74) is 2.87. The fraction of sp³-hybridized carbons (Fsp3) is 0.500. The molecule has 0 amide bonds. The Hall–Kier alpha value is -1.24. The molecule has 0 saturated carbocycles. The van der Waals surface area contributed by atoms with Gasteiger partial charge in [-0.25, -0.2) is 9.97 Å². The number of rotatable bonds is 3. The number of imidazole rings is 1. The Bertz CT molecular complexity index is 517. The van der Waals surface area contributed by atoms with Gasteiger partial charge in [-0.05, 0) is 6.92 Å².